The molecular weight excluding hydrogens is 252 g/mol. The molecule has 1 aromatic rings. The summed E-state index contributed by atoms with van der Waals surface area (Å²) in [7, 11) is 0. The maximum Gasteiger partial charge on any atom is 0.220 e. The van der Waals surface area contributed by atoms with E-state index in [0.717, 1.165) is 5.69 Å². The molecule has 0 bridgehead atoms. The lowest BCUT2D eigenvalue weighted by Crippen LogP contribution is -2.33. The molecule has 20 heavy (non-hydrogen) atoms. The number of pyridine rings is 1. The van der Waals surface area contributed by atoms with Crippen LogP contribution in [0, 0.1) is 17.8 Å². The number of rotatable bonds is 8. The molecule has 4 nitrogen and oxygen atoms in total. The Labute approximate surface area is 121 Å². The number of carbonyl (C=O) groups excluding carboxylic acids is 1. The van der Waals surface area contributed by atoms with Crippen LogP contribution >= 0.6 is 0 Å². The average molecular weight is 278 g/mol. The van der Waals surface area contributed by atoms with Crippen LogP contribution in [0.2, 0.25) is 0 Å². The Bertz CT molecular complexity index is 393. The van der Waals surface area contributed by atoms with Crippen LogP contribution in [-0.4, -0.2) is 29.1 Å². The van der Waals surface area contributed by atoms with Crippen molar-refractivity contribution in [1.29, 1.82) is 0 Å². The quantitative estimate of drug-likeness (QED) is 0.765. The summed E-state index contributed by atoms with van der Waals surface area (Å²) in [5.41, 5.74) is 0.941. The van der Waals surface area contributed by atoms with E-state index in [1.54, 1.807) is 6.20 Å². The lowest BCUT2D eigenvalue weighted by molar-refractivity contribution is -0.122. The molecule has 112 valence electrons. The third-order valence-electron chi connectivity index (χ3n) is 3.72. The van der Waals surface area contributed by atoms with Gasteiger partial charge in [-0.2, -0.15) is 0 Å². The minimum absolute atomic E-state index is 0.0169. The topological polar surface area (TPSA) is 62.2 Å². The van der Waals surface area contributed by atoms with E-state index in [2.05, 4.69) is 31.1 Å². The van der Waals surface area contributed by atoms with Crippen molar-refractivity contribution in [2.45, 2.75) is 33.6 Å². The highest BCUT2D eigenvalue weighted by Gasteiger charge is 2.15. The van der Waals surface area contributed by atoms with Gasteiger partial charge in [0.25, 0.3) is 0 Å². The lowest BCUT2D eigenvalue weighted by Gasteiger charge is -2.17. The molecule has 0 aliphatic carbocycles. The Morgan fingerprint density at radius 2 is 2.10 bits per heavy atom. The highest BCUT2D eigenvalue weighted by molar-refractivity contribution is 5.76. The van der Waals surface area contributed by atoms with Crippen molar-refractivity contribution in [3.05, 3.63) is 30.1 Å². The van der Waals surface area contributed by atoms with Crippen molar-refractivity contribution in [2.75, 3.05) is 13.2 Å². The van der Waals surface area contributed by atoms with Gasteiger partial charge in [0.05, 0.1) is 0 Å². The number of carbonyl (C=O) groups is 1. The van der Waals surface area contributed by atoms with Gasteiger partial charge in [-0.1, -0.05) is 26.8 Å². The van der Waals surface area contributed by atoms with E-state index in [9.17, 15) is 9.90 Å². The van der Waals surface area contributed by atoms with Gasteiger partial charge >= 0.3 is 0 Å². The molecule has 2 N–H and O–H groups in total. The molecular formula is C16H26N2O2. The highest BCUT2D eigenvalue weighted by atomic mass is 16.3. The van der Waals surface area contributed by atoms with Crippen LogP contribution in [0.15, 0.2) is 24.4 Å². The summed E-state index contributed by atoms with van der Waals surface area (Å²) in [5.74, 6) is 0.954. The summed E-state index contributed by atoms with van der Waals surface area (Å²) in [6, 6.07) is 5.73. The molecule has 0 aliphatic rings. The van der Waals surface area contributed by atoms with E-state index < -0.39 is 0 Å². The largest absolute Gasteiger partial charge is 0.396 e. The second-order valence-corrected chi connectivity index (χ2v) is 5.80. The van der Waals surface area contributed by atoms with Crippen molar-refractivity contribution in [3.63, 3.8) is 0 Å². The molecule has 1 heterocycles. The molecule has 2 unspecified atom stereocenters. The predicted octanol–water partition coefficient (Wildman–Crippen LogP) is 2.03. The molecule has 1 amide bonds. The van der Waals surface area contributed by atoms with Gasteiger partial charge in [0, 0.05) is 37.4 Å². The molecule has 2 atom stereocenters. The molecule has 0 fully saturated rings. The zero-order valence-electron chi connectivity index (χ0n) is 12.7. The second kappa shape index (κ2) is 8.69. The first-order valence-electron chi connectivity index (χ1n) is 7.30. The second-order valence-electron chi connectivity index (χ2n) is 5.80. The molecule has 0 saturated carbocycles. The molecule has 0 radical (unpaired) electrons. The first-order chi connectivity index (χ1) is 9.52. The van der Waals surface area contributed by atoms with Gasteiger partial charge in [-0.3, -0.25) is 9.78 Å². The fourth-order valence-corrected chi connectivity index (χ4v) is 1.87. The van der Waals surface area contributed by atoms with Gasteiger partial charge in [0.2, 0.25) is 5.91 Å². The zero-order valence-corrected chi connectivity index (χ0v) is 12.7. The molecule has 1 rings (SSSR count). The fraction of sp³-hybridized carbons (Fsp3) is 0.625. The molecule has 4 heteroatoms. The van der Waals surface area contributed by atoms with E-state index in [-0.39, 0.29) is 18.4 Å². The Morgan fingerprint density at radius 1 is 1.35 bits per heavy atom. The van der Waals surface area contributed by atoms with Crippen molar-refractivity contribution >= 4 is 5.91 Å². The fourth-order valence-electron chi connectivity index (χ4n) is 1.87. The van der Waals surface area contributed by atoms with Crippen LogP contribution in [0.4, 0.5) is 0 Å². The first kappa shape index (κ1) is 16.6. The van der Waals surface area contributed by atoms with Gasteiger partial charge in [-0.05, 0) is 30.4 Å². The molecule has 0 spiro atoms. The maximum absolute atomic E-state index is 11.8. The predicted molar refractivity (Wildman–Crippen MR) is 80.1 cm³/mol. The summed E-state index contributed by atoms with van der Waals surface area (Å²) >= 11 is 0. The summed E-state index contributed by atoms with van der Waals surface area (Å²) in [6.07, 6.45) is 2.96. The smallest absolute Gasteiger partial charge is 0.220 e. The monoisotopic (exact) mass is 278 g/mol. The molecule has 0 saturated heterocycles. The maximum atomic E-state index is 11.8. The van der Waals surface area contributed by atoms with Crippen LogP contribution in [-0.2, 0) is 11.2 Å². The Morgan fingerprint density at radius 3 is 2.65 bits per heavy atom. The van der Waals surface area contributed by atoms with Gasteiger partial charge in [0.15, 0.2) is 0 Å². The van der Waals surface area contributed by atoms with E-state index in [0.29, 0.717) is 31.2 Å². The minimum Gasteiger partial charge on any atom is -0.396 e. The summed E-state index contributed by atoms with van der Waals surface area (Å²) in [6.45, 7) is 6.88. The third-order valence-corrected chi connectivity index (χ3v) is 3.72. The third kappa shape index (κ3) is 6.15. The summed E-state index contributed by atoms with van der Waals surface area (Å²) < 4.78 is 0. The van der Waals surface area contributed by atoms with E-state index in [1.807, 2.05) is 18.2 Å². The van der Waals surface area contributed by atoms with Crippen LogP contribution < -0.4 is 5.32 Å². The average Bonchev–Trinajstić information content (AvgIpc) is 2.44. The van der Waals surface area contributed by atoms with Gasteiger partial charge in [0.1, 0.15) is 0 Å². The first-order valence-corrected chi connectivity index (χ1v) is 7.30. The Hall–Kier alpha value is -1.42. The SMILES string of the molecule is CC(C)C(C)CC(=O)NCC(CO)Cc1ccccn1. The standard InChI is InChI=1S/C16H26N2O2/c1-12(2)13(3)8-16(20)18-10-14(11-19)9-15-6-4-5-7-17-15/h4-7,12-14,19H,8-11H2,1-3H3,(H,18,20). The van der Waals surface area contributed by atoms with Crippen molar-refractivity contribution in [1.82, 2.24) is 10.3 Å². The number of nitrogens with zero attached hydrogens (tertiary/aromatic N) is 1. The summed E-state index contributed by atoms with van der Waals surface area (Å²) in [5, 5.41) is 12.3. The van der Waals surface area contributed by atoms with Crippen LogP contribution in [0.25, 0.3) is 0 Å². The summed E-state index contributed by atoms with van der Waals surface area (Å²) in [4.78, 5) is 16.1. The number of aliphatic hydroxyl groups is 1. The number of hydrogen-bond donors (Lipinski definition) is 2. The number of aromatic nitrogens is 1. The number of aliphatic hydroxyl groups excluding tert-OH is 1. The van der Waals surface area contributed by atoms with Crippen LogP contribution in [0.3, 0.4) is 0 Å². The minimum atomic E-state index is 0.0169. The molecule has 0 aliphatic heterocycles. The van der Waals surface area contributed by atoms with Crippen LogP contribution in [0.5, 0.6) is 0 Å². The molecule has 1 aromatic heterocycles. The van der Waals surface area contributed by atoms with E-state index in [1.165, 1.54) is 0 Å². The van der Waals surface area contributed by atoms with Gasteiger partial charge < -0.3 is 10.4 Å². The van der Waals surface area contributed by atoms with Crippen molar-refractivity contribution in [2.24, 2.45) is 17.8 Å². The van der Waals surface area contributed by atoms with Crippen molar-refractivity contribution < 1.29 is 9.90 Å². The normalized spacial score (nSPS) is 14.1. The van der Waals surface area contributed by atoms with Gasteiger partial charge in [-0.15, -0.1) is 0 Å². The zero-order chi connectivity index (χ0) is 15.0. The number of nitrogens with one attached hydrogen (secondary N) is 1. The number of amides is 1. The number of hydrogen-bond acceptors (Lipinski definition) is 3. The Kier molecular flexibility index (Phi) is 7.23. The van der Waals surface area contributed by atoms with E-state index in [4.69, 9.17) is 0 Å². The molecule has 0 aromatic carbocycles. The highest BCUT2D eigenvalue weighted by Crippen LogP contribution is 2.13. The lowest BCUT2D eigenvalue weighted by atomic mass is 9.94. The van der Waals surface area contributed by atoms with E-state index >= 15 is 0 Å². The Balaban J connectivity index is 2.36. The van der Waals surface area contributed by atoms with Gasteiger partial charge in [-0.25, -0.2) is 0 Å². The van der Waals surface area contributed by atoms with Crippen molar-refractivity contribution in [3.8, 4) is 0 Å². The van der Waals surface area contributed by atoms with Crippen LogP contribution in [0.1, 0.15) is 32.9 Å².